The maximum absolute atomic E-state index is 11.8. The molecule has 0 aliphatic carbocycles. The van der Waals surface area contributed by atoms with Gasteiger partial charge in [-0.1, -0.05) is 22.9 Å². The molecule has 0 amide bonds. The Hall–Kier alpha value is -1.98. The number of aromatic nitrogens is 2. The maximum atomic E-state index is 11.8. The van der Waals surface area contributed by atoms with Crippen LogP contribution in [-0.4, -0.2) is 9.97 Å². The van der Waals surface area contributed by atoms with Crippen LogP contribution in [0.2, 0.25) is 5.02 Å². The van der Waals surface area contributed by atoms with Crippen LogP contribution in [0.5, 0.6) is 0 Å². The van der Waals surface area contributed by atoms with E-state index in [9.17, 15) is 4.79 Å². The summed E-state index contributed by atoms with van der Waals surface area (Å²) in [4.78, 5) is 20.7. The van der Waals surface area contributed by atoms with Crippen molar-refractivity contribution in [3.8, 4) is 0 Å². The first-order chi connectivity index (χ1) is 9.22. The molecule has 0 atom stereocenters. The summed E-state index contributed by atoms with van der Waals surface area (Å²) in [6, 6.07) is 10.6. The lowest BCUT2D eigenvalue weighted by molar-refractivity contribution is 1.29. The van der Waals surface area contributed by atoms with Gasteiger partial charge in [-0.25, -0.2) is 4.98 Å². The molecule has 0 radical (unpaired) electrons. The normalized spacial score (nSPS) is 10.6. The maximum Gasteiger partial charge on any atom is 0.282 e. The van der Waals surface area contributed by atoms with Crippen molar-refractivity contribution < 1.29 is 0 Å². The first-order valence-electron chi connectivity index (χ1n) is 5.51. The fraction of sp³-hybridized carbons (Fsp3) is 0. The summed E-state index contributed by atoms with van der Waals surface area (Å²) in [6.07, 6.45) is 1.66. The molecule has 0 fully saturated rings. The second-order valence-corrected chi connectivity index (χ2v) is 5.23. The van der Waals surface area contributed by atoms with Gasteiger partial charge in [0.15, 0.2) is 5.13 Å². The van der Waals surface area contributed by atoms with Gasteiger partial charge in [-0.3, -0.25) is 4.79 Å². The molecule has 4 nitrogen and oxygen atoms in total. The van der Waals surface area contributed by atoms with Crippen molar-refractivity contribution in [1.82, 2.24) is 9.97 Å². The number of halogens is 1. The summed E-state index contributed by atoms with van der Waals surface area (Å²) in [5.74, 6) is 0. The van der Waals surface area contributed by atoms with Gasteiger partial charge in [-0.2, -0.15) is 4.98 Å². The number of fused-ring (bicyclic) bond motifs is 1. The number of hydrogen-bond donors (Lipinski definition) is 1. The van der Waals surface area contributed by atoms with Crippen molar-refractivity contribution in [1.29, 1.82) is 0 Å². The molecule has 3 aromatic rings. The Morgan fingerprint density at radius 1 is 1.16 bits per heavy atom. The zero-order valence-corrected chi connectivity index (χ0v) is 11.2. The van der Waals surface area contributed by atoms with Crippen molar-refractivity contribution in [2.24, 2.45) is 0 Å². The van der Waals surface area contributed by atoms with Crippen LogP contribution < -0.4 is 10.9 Å². The molecule has 0 unspecified atom stereocenters. The first-order valence-corrected chi connectivity index (χ1v) is 6.70. The van der Waals surface area contributed by atoms with E-state index in [-0.39, 0.29) is 5.56 Å². The average molecular weight is 290 g/mol. The van der Waals surface area contributed by atoms with Gasteiger partial charge in [-0.05, 0) is 36.4 Å². The molecule has 0 aliphatic heterocycles. The highest BCUT2D eigenvalue weighted by molar-refractivity contribution is 7.21. The van der Waals surface area contributed by atoms with Crippen molar-refractivity contribution in [3.05, 3.63) is 58.0 Å². The number of pyridine rings is 1. The number of rotatable bonds is 2. The molecular formula is C13H8ClN3OS. The van der Waals surface area contributed by atoms with E-state index in [1.165, 1.54) is 11.3 Å². The van der Waals surface area contributed by atoms with Gasteiger partial charge in [0.2, 0.25) is 0 Å². The molecular weight excluding hydrogens is 282 g/mol. The fourth-order valence-corrected chi connectivity index (χ4v) is 2.60. The molecule has 2 heterocycles. The minimum atomic E-state index is -0.279. The monoisotopic (exact) mass is 289 g/mol. The van der Waals surface area contributed by atoms with Crippen LogP contribution in [0.4, 0.5) is 10.8 Å². The summed E-state index contributed by atoms with van der Waals surface area (Å²) in [7, 11) is 0. The highest BCUT2D eigenvalue weighted by Gasteiger charge is 2.05. The molecule has 94 valence electrons. The van der Waals surface area contributed by atoms with Crippen molar-refractivity contribution in [2.45, 2.75) is 0 Å². The fourth-order valence-electron chi connectivity index (χ4n) is 1.61. The molecule has 0 saturated heterocycles. The number of benzene rings is 1. The SMILES string of the molecule is O=c1nc(Nc2ccc(Cl)cc2)sc2ncccc12. The topological polar surface area (TPSA) is 54.9 Å². The summed E-state index contributed by atoms with van der Waals surface area (Å²) in [6.45, 7) is 0. The summed E-state index contributed by atoms with van der Waals surface area (Å²) in [5.41, 5.74) is 0.543. The number of hydrogen-bond acceptors (Lipinski definition) is 5. The second kappa shape index (κ2) is 4.95. The third-order valence-electron chi connectivity index (χ3n) is 2.49. The van der Waals surface area contributed by atoms with E-state index in [0.717, 1.165) is 5.69 Å². The third kappa shape index (κ3) is 2.57. The van der Waals surface area contributed by atoms with Crippen LogP contribution in [0.15, 0.2) is 47.4 Å². The zero-order valence-electron chi connectivity index (χ0n) is 9.63. The van der Waals surface area contributed by atoms with Crippen LogP contribution in [0, 0.1) is 0 Å². The average Bonchev–Trinajstić information content (AvgIpc) is 2.42. The van der Waals surface area contributed by atoms with Gasteiger partial charge in [0.25, 0.3) is 5.56 Å². The minimum absolute atomic E-state index is 0.279. The number of anilines is 2. The highest BCUT2D eigenvalue weighted by Crippen LogP contribution is 2.23. The molecule has 0 bridgehead atoms. The Bertz CT molecular complexity index is 786. The lowest BCUT2D eigenvalue weighted by atomic mass is 10.3. The Morgan fingerprint density at radius 3 is 2.74 bits per heavy atom. The molecule has 6 heteroatoms. The molecule has 1 aromatic carbocycles. The van der Waals surface area contributed by atoms with E-state index in [4.69, 9.17) is 11.6 Å². The van der Waals surface area contributed by atoms with Crippen LogP contribution in [0.25, 0.3) is 10.2 Å². The standard InChI is InChI=1S/C13H8ClN3OS/c14-8-3-5-9(6-4-8)16-13-17-11(18)10-2-1-7-15-12(10)19-13/h1-7H,(H,16,17,18). The van der Waals surface area contributed by atoms with Crippen molar-refractivity contribution in [3.63, 3.8) is 0 Å². The lowest BCUT2D eigenvalue weighted by Crippen LogP contribution is -2.07. The zero-order chi connectivity index (χ0) is 13.2. The van der Waals surface area contributed by atoms with Crippen LogP contribution in [-0.2, 0) is 0 Å². The molecule has 0 aliphatic rings. The summed E-state index contributed by atoms with van der Waals surface area (Å²) < 4.78 is 0. The van der Waals surface area contributed by atoms with Gasteiger partial charge in [0.1, 0.15) is 4.83 Å². The predicted molar refractivity (Wildman–Crippen MR) is 78.4 cm³/mol. The van der Waals surface area contributed by atoms with E-state index < -0.39 is 0 Å². The predicted octanol–water partition coefficient (Wildman–Crippen LogP) is 3.45. The second-order valence-electron chi connectivity index (χ2n) is 3.81. The van der Waals surface area contributed by atoms with Gasteiger partial charge in [0.05, 0.1) is 5.39 Å². The van der Waals surface area contributed by atoms with Crippen LogP contribution in [0.3, 0.4) is 0 Å². The van der Waals surface area contributed by atoms with E-state index in [1.54, 1.807) is 30.5 Å². The van der Waals surface area contributed by atoms with Crippen molar-refractivity contribution >= 4 is 44.0 Å². The van der Waals surface area contributed by atoms with Gasteiger partial charge < -0.3 is 5.32 Å². The van der Waals surface area contributed by atoms with Crippen LogP contribution in [0.1, 0.15) is 0 Å². The molecule has 0 saturated carbocycles. The van der Waals surface area contributed by atoms with E-state index >= 15 is 0 Å². The molecule has 0 spiro atoms. The number of nitrogens with zero attached hydrogens (tertiary/aromatic N) is 2. The molecule has 1 N–H and O–H groups in total. The van der Waals surface area contributed by atoms with Gasteiger partial charge >= 0.3 is 0 Å². The largest absolute Gasteiger partial charge is 0.331 e. The Labute approximate surface area is 117 Å². The Morgan fingerprint density at radius 2 is 1.95 bits per heavy atom. The summed E-state index contributed by atoms with van der Waals surface area (Å²) >= 11 is 7.15. The highest BCUT2D eigenvalue weighted by atomic mass is 35.5. The minimum Gasteiger partial charge on any atom is -0.331 e. The smallest absolute Gasteiger partial charge is 0.282 e. The van der Waals surface area contributed by atoms with Crippen LogP contribution >= 0.6 is 22.9 Å². The van der Waals surface area contributed by atoms with Crippen molar-refractivity contribution in [2.75, 3.05) is 5.32 Å². The van der Waals surface area contributed by atoms with E-state index in [1.807, 2.05) is 12.1 Å². The first kappa shape index (κ1) is 12.1. The van der Waals surface area contributed by atoms with Gasteiger partial charge in [0, 0.05) is 16.9 Å². The third-order valence-corrected chi connectivity index (χ3v) is 3.65. The molecule has 2 aromatic heterocycles. The molecule has 3 rings (SSSR count). The van der Waals surface area contributed by atoms with Gasteiger partial charge in [-0.15, -0.1) is 0 Å². The lowest BCUT2D eigenvalue weighted by Gasteiger charge is -2.04. The number of nitrogens with one attached hydrogen (secondary N) is 1. The van der Waals surface area contributed by atoms with E-state index in [0.29, 0.717) is 20.4 Å². The van der Waals surface area contributed by atoms with E-state index in [2.05, 4.69) is 15.3 Å². The molecule has 19 heavy (non-hydrogen) atoms. The Balaban J connectivity index is 2.01. The quantitative estimate of drug-likeness (QED) is 0.785. The summed E-state index contributed by atoms with van der Waals surface area (Å²) in [5, 5.41) is 4.78. The Kier molecular flexibility index (Phi) is 3.15.